The van der Waals surface area contributed by atoms with Gasteiger partial charge in [0.05, 0.1) is 18.8 Å². The summed E-state index contributed by atoms with van der Waals surface area (Å²) in [6, 6.07) is 18.2. The monoisotopic (exact) mass is 479 g/mol. The molecule has 1 fully saturated rings. The molecule has 0 bridgehead atoms. The molecule has 0 unspecified atom stereocenters. The van der Waals surface area contributed by atoms with Crippen LogP contribution in [0.4, 0.5) is 0 Å². The fourth-order valence-electron chi connectivity index (χ4n) is 5.03. The molecule has 190 valence electrons. The lowest BCUT2D eigenvalue weighted by atomic mass is 9.92. The van der Waals surface area contributed by atoms with E-state index in [2.05, 4.69) is 37.3 Å². The number of hydrogen-bond donors (Lipinski definition) is 1. The normalized spacial score (nSPS) is 17.4. The lowest BCUT2D eigenvalue weighted by molar-refractivity contribution is -0.129. The lowest BCUT2D eigenvalue weighted by Gasteiger charge is -2.27. The van der Waals surface area contributed by atoms with Crippen LogP contribution >= 0.6 is 0 Å². The molecule has 35 heavy (non-hydrogen) atoms. The first-order chi connectivity index (χ1) is 17.0. The van der Waals surface area contributed by atoms with Crippen LogP contribution in [0.5, 0.6) is 0 Å². The molecule has 1 saturated heterocycles. The third-order valence-corrected chi connectivity index (χ3v) is 7.39. The molecule has 0 aromatic heterocycles. The van der Waals surface area contributed by atoms with E-state index in [-0.39, 0.29) is 29.9 Å². The van der Waals surface area contributed by atoms with Crippen molar-refractivity contribution in [3.05, 3.63) is 71.3 Å². The van der Waals surface area contributed by atoms with Crippen LogP contribution in [0.25, 0.3) is 0 Å². The van der Waals surface area contributed by atoms with Crippen LogP contribution in [0.3, 0.4) is 0 Å². The van der Waals surface area contributed by atoms with Crippen molar-refractivity contribution in [1.29, 1.82) is 0 Å². The van der Waals surface area contributed by atoms with Crippen LogP contribution in [-0.4, -0.2) is 47.7 Å². The molecule has 5 heteroatoms. The van der Waals surface area contributed by atoms with E-state index in [1.165, 1.54) is 25.5 Å². The second-order valence-electron chi connectivity index (χ2n) is 9.93. The van der Waals surface area contributed by atoms with Gasteiger partial charge < -0.3 is 14.7 Å². The fraction of sp³-hybridized carbons (Fsp3) is 0.533. The van der Waals surface area contributed by atoms with Crippen LogP contribution in [0, 0.1) is 5.92 Å². The summed E-state index contributed by atoms with van der Waals surface area (Å²) in [6.07, 6.45) is 9.21. The van der Waals surface area contributed by atoms with Gasteiger partial charge in [-0.05, 0) is 74.1 Å². The van der Waals surface area contributed by atoms with Gasteiger partial charge in [0.1, 0.15) is 0 Å². The SMILES string of the molecule is COC(=O)c1ccc(CCN2C(=O)CC[C@@H]2CC[C@@H](O)[C@@H](C)CCCCCc2ccccc2)cc1. The molecule has 1 amide bonds. The average molecular weight is 480 g/mol. The molecule has 2 aromatic carbocycles. The molecule has 1 N–H and O–H groups in total. The summed E-state index contributed by atoms with van der Waals surface area (Å²) < 4.78 is 4.75. The van der Waals surface area contributed by atoms with E-state index < -0.39 is 0 Å². The predicted octanol–water partition coefficient (Wildman–Crippen LogP) is 5.59. The Hall–Kier alpha value is -2.66. The molecule has 0 saturated carbocycles. The lowest BCUT2D eigenvalue weighted by Crippen LogP contribution is -2.35. The van der Waals surface area contributed by atoms with Gasteiger partial charge in [0.2, 0.25) is 5.91 Å². The van der Waals surface area contributed by atoms with E-state index in [1.54, 1.807) is 12.1 Å². The Morgan fingerprint density at radius 1 is 1.00 bits per heavy atom. The van der Waals surface area contributed by atoms with E-state index in [0.717, 1.165) is 50.5 Å². The number of rotatable bonds is 14. The van der Waals surface area contributed by atoms with E-state index >= 15 is 0 Å². The Bertz CT molecular complexity index is 912. The third kappa shape index (κ3) is 8.50. The second-order valence-corrected chi connectivity index (χ2v) is 9.93. The van der Waals surface area contributed by atoms with Crippen LogP contribution < -0.4 is 0 Å². The minimum Gasteiger partial charge on any atom is -0.465 e. The highest BCUT2D eigenvalue weighted by molar-refractivity contribution is 5.89. The number of aliphatic hydroxyl groups is 1. The number of amides is 1. The topological polar surface area (TPSA) is 66.8 Å². The second kappa shape index (κ2) is 14.0. The molecule has 1 heterocycles. The van der Waals surface area contributed by atoms with Crippen molar-refractivity contribution in [1.82, 2.24) is 4.90 Å². The van der Waals surface area contributed by atoms with E-state index in [4.69, 9.17) is 4.74 Å². The Kier molecular flexibility index (Phi) is 10.8. The summed E-state index contributed by atoms with van der Waals surface area (Å²) in [5.41, 5.74) is 3.03. The number of methoxy groups -OCH3 is 1. The van der Waals surface area contributed by atoms with Crippen molar-refractivity contribution < 1.29 is 19.4 Å². The standard InChI is InChI=1S/C30H41NO4/c1-23(9-5-3-6-10-24-11-7-4-8-12-24)28(32)19-17-27-18-20-29(33)31(27)22-21-25-13-15-26(16-14-25)30(34)35-2/h4,7-8,11-16,23,27-28,32H,3,5-6,9-10,17-22H2,1-2H3/t23-,27-,28+/m0/s1. The Morgan fingerprint density at radius 2 is 1.71 bits per heavy atom. The van der Waals surface area contributed by atoms with Crippen molar-refractivity contribution in [3.63, 3.8) is 0 Å². The summed E-state index contributed by atoms with van der Waals surface area (Å²) in [5.74, 6) is 0.152. The molecule has 0 aliphatic carbocycles. The Labute approximate surface area is 210 Å². The number of benzene rings is 2. The maximum atomic E-state index is 12.5. The molecule has 0 spiro atoms. The smallest absolute Gasteiger partial charge is 0.337 e. The molecule has 1 aliphatic rings. The van der Waals surface area contributed by atoms with E-state index in [1.807, 2.05) is 17.0 Å². The summed E-state index contributed by atoms with van der Waals surface area (Å²) in [5, 5.41) is 10.7. The molecule has 3 atom stereocenters. The Balaban J connectivity index is 1.35. The fourth-order valence-corrected chi connectivity index (χ4v) is 5.03. The highest BCUT2D eigenvalue weighted by Gasteiger charge is 2.31. The van der Waals surface area contributed by atoms with Crippen molar-refractivity contribution in [2.45, 2.75) is 83.3 Å². The van der Waals surface area contributed by atoms with Gasteiger partial charge in [-0.1, -0.05) is 62.2 Å². The third-order valence-electron chi connectivity index (χ3n) is 7.39. The maximum absolute atomic E-state index is 12.5. The molecule has 0 radical (unpaired) electrons. The number of esters is 1. The number of hydrogen-bond acceptors (Lipinski definition) is 4. The van der Waals surface area contributed by atoms with Crippen molar-refractivity contribution in [3.8, 4) is 0 Å². The first-order valence-electron chi connectivity index (χ1n) is 13.2. The van der Waals surface area contributed by atoms with Gasteiger partial charge in [0.15, 0.2) is 0 Å². The molecular formula is C30H41NO4. The summed E-state index contributed by atoms with van der Waals surface area (Å²) in [7, 11) is 1.38. The first kappa shape index (κ1) is 26.9. The van der Waals surface area contributed by atoms with Crippen molar-refractivity contribution in [2.24, 2.45) is 5.92 Å². The van der Waals surface area contributed by atoms with Gasteiger partial charge in [0.25, 0.3) is 0 Å². The number of unbranched alkanes of at least 4 members (excludes halogenated alkanes) is 2. The van der Waals surface area contributed by atoms with Crippen LogP contribution in [0.2, 0.25) is 0 Å². The van der Waals surface area contributed by atoms with Gasteiger partial charge >= 0.3 is 5.97 Å². The zero-order chi connectivity index (χ0) is 25.0. The number of likely N-dealkylation sites (tertiary alicyclic amines) is 1. The summed E-state index contributed by atoms with van der Waals surface area (Å²) in [6.45, 7) is 2.82. The minimum atomic E-state index is -0.341. The van der Waals surface area contributed by atoms with E-state index in [0.29, 0.717) is 18.5 Å². The highest BCUT2D eigenvalue weighted by Crippen LogP contribution is 2.26. The van der Waals surface area contributed by atoms with Crippen molar-refractivity contribution >= 4 is 11.9 Å². The molecular weight excluding hydrogens is 438 g/mol. The van der Waals surface area contributed by atoms with Gasteiger partial charge in [-0.15, -0.1) is 0 Å². The quantitative estimate of drug-likeness (QED) is 0.283. The predicted molar refractivity (Wildman–Crippen MR) is 139 cm³/mol. The number of nitrogens with zero attached hydrogens (tertiary/aromatic N) is 1. The van der Waals surface area contributed by atoms with Crippen LogP contribution in [0.15, 0.2) is 54.6 Å². The molecule has 1 aliphatic heterocycles. The van der Waals surface area contributed by atoms with Crippen LogP contribution in [0.1, 0.15) is 79.8 Å². The largest absolute Gasteiger partial charge is 0.465 e. The zero-order valence-electron chi connectivity index (χ0n) is 21.3. The van der Waals surface area contributed by atoms with Crippen molar-refractivity contribution in [2.75, 3.05) is 13.7 Å². The van der Waals surface area contributed by atoms with Crippen LogP contribution in [-0.2, 0) is 22.4 Å². The summed E-state index contributed by atoms with van der Waals surface area (Å²) >= 11 is 0. The number of carbonyl (C=O) groups excluding carboxylic acids is 2. The number of aliphatic hydroxyl groups excluding tert-OH is 1. The molecule has 3 rings (SSSR count). The Morgan fingerprint density at radius 3 is 2.43 bits per heavy atom. The van der Waals surface area contributed by atoms with Gasteiger partial charge in [0, 0.05) is 19.0 Å². The molecule has 5 nitrogen and oxygen atoms in total. The van der Waals surface area contributed by atoms with Gasteiger partial charge in [-0.2, -0.15) is 0 Å². The molecule has 2 aromatic rings. The number of carbonyl (C=O) groups is 2. The summed E-state index contributed by atoms with van der Waals surface area (Å²) in [4.78, 5) is 26.1. The van der Waals surface area contributed by atoms with Gasteiger partial charge in [-0.25, -0.2) is 4.79 Å². The average Bonchev–Trinajstić information content (AvgIpc) is 3.25. The van der Waals surface area contributed by atoms with Gasteiger partial charge in [-0.3, -0.25) is 4.79 Å². The number of ether oxygens (including phenoxy) is 1. The zero-order valence-corrected chi connectivity index (χ0v) is 21.3. The first-order valence-corrected chi connectivity index (χ1v) is 13.2. The highest BCUT2D eigenvalue weighted by atomic mass is 16.5. The number of aryl methyl sites for hydroxylation is 1. The van der Waals surface area contributed by atoms with E-state index in [9.17, 15) is 14.7 Å². The maximum Gasteiger partial charge on any atom is 0.337 e. The minimum absolute atomic E-state index is 0.210.